The molecule has 1 aromatic carbocycles. The van der Waals surface area contributed by atoms with Crippen molar-refractivity contribution in [3.8, 4) is 5.75 Å². The maximum Gasteiger partial charge on any atom is 0.348 e. The zero-order valence-corrected chi connectivity index (χ0v) is 19.4. The Hall–Kier alpha value is -2.87. The zero-order valence-electron chi connectivity index (χ0n) is 18.6. The van der Waals surface area contributed by atoms with Crippen molar-refractivity contribution in [2.24, 2.45) is 0 Å². The van der Waals surface area contributed by atoms with Gasteiger partial charge in [-0.25, -0.2) is 9.59 Å². The van der Waals surface area contributed by atoms with Crippen LogP contribution in [-0.4, -0.2) is 37.2 Å². The maximum absolute atomic E-state index is 12.5. The molecule has 0 saturated carbocycles. The highest BCUT2D eigenvalue weighted by Gasteiger charge is 2.27. The molecule has 0 aliphatic carbocycles. The van der Waals surface area contributed by atoms with Crippen molar-refractivity contribution in [2.45, 2.75) is 53.6 Å². The number of esters is 2. The average molecular weight is 448 g/mol. The molecule has 0 aliphatic heterocycles. The number of rotatable bonds is 10. The van der Waals surface area contributed by atoms with Crippen molar-refractivity contribution in [1.29, 1.82) is 0 Å². The molecule has 0 spiro atoms. The molecule has 7 nitrogen and oxygen atoms in total. The van der Waals surface area contributed by atoms with E-state index in [0.717, 1.165) is 22.6 Å². The normalized spacial score (nSPS) is 10.6. The highest BCUT2D eigenvalue weighted by Crippen LogP contribution is 2.34. The highest BCUT2D eigenvalue weighted by molar-refractivity contribution is 7.18. The first kappa shape index (κ1) is 24.4. The number of carbonyl (C=O) groups excluding carboxylic acids is 3. The molecule has 0 unspecified atom stereocenters. The molecule has 0 radical (unpaired) electrons. The van der Waals surface area contributed by atoms with Gasteiger partial charge in [-0.2, -0.15) is 0 Å². The molecule has 1 heterocycles. The Kier molecular flexibility index (Phi) is 9.05. The van der Waals surface area contributed by atoms with Crippen molar-refractivity contribution < 1.29 is 28.6 Å². The molecule has 0 atom stereocenters. The van der Waals surface area contributed by atoms with Crippen molar-refractivity contribution >= 4 is 34.2 Å². The first-order valence-electron chi connectivity index (χ1n) is 10.2. The molecule has 31 heavy (non-hydrogen) atoms. The molecule has 0 fully saturated rings. The summed E-state index contributed by atoms with van der Waals surface area (Å²) in [5.74, 6) is -0.636. The van der Waals surface area contributed by atoms with E-state index >= 15 is 0 Å². The van der Waals surface area contributed by atoms with Crippen LogP contribution in [0.25, 0.3) is 0 Å². The van der Waals surface area contributed by atoms with Crippen LogP contribution in [0.1, 0.15) is 64.8 Å². The van der Waals surface area contributed by atoms with Gasteiger partial charge in [0.05, 0.1) is 24.9 Å². The molecule has 1 amide bonds. The van der Waals surface area contributed by atoms with E-state index in [9.17, 15) is 14.4 Å². The quantitative estimate of drug-likeness (QED) is 0.411. The van der Waals surface area contributed by atoms with Gasteiger partial charge in [-0.15, -0.1) is 11.3 Å². The van der Waals surface area contributed by atoms with E-state index in [0.29, 0.717) is 18.6 Å². The van der Waals surface area contributed by atoms with E-state index in [-0.39, 0.29) is 40.5 Å². The number of carbonyl (C=O) groups is 3. The van der Waals surface area contributed by atoms with Gasteiger partial charge < -0.3 is 19.5 Å². The molecule has 0 aliphatic rings. The van der Waals surface area contributed by atoms with Crippen molar-refractivity contribution in [3.63, 3.8) is 0 Å². The number of amides is 1. The van der Waals surface area contributed by atoms with Gasteiger partial charge in [0.15, 0.2) is 0 Å². The van der Waals surface area contributed by atoms with Gasteiger partial charge in [-0.1, -0.05) is 12.1 Å². The molecule has 1 N–H and O–H groups in total. The topological polar surface area (TPSA) is 90.9 Å². The van der Waals surface area contributed by atoms with Gasteiger partial charge in [0.1, 0.15) is 15.6 Å². The Bertz CT molecular complexity index is 934. The summed E-state index contributed by atoms with van der Waals surface area (Å²) in [5, 5.41) is 3.03. The second-order valence-electron chi connectivity index (χ2n) is 7.25. The van der Waals surface area contributed by atoms with Gasteiger partial charge in [-0.3, -0.25) is 4.79 Å². The Balaban J connectivity index is 2.04. The third-order valence-corrected chi connectivity index (χ3v) is 5.40. The largest absolute Gasteiger partial charge is 0.494 e. The van der Waals surface area contributed by atoms with Gasteiger partial charge in [0, 0.05) is 6.42 Å². The fourth-order valence-corrected chi connectivity index (χ4v) is 3.92. The van der Waals surface area contributed by atoms with Crippen molar-refractivity contribution in [1.82, 2.24) is 0 Å². The fourth-order valence-electron chi connectivity index (χ4n) is 2.83. The maximum atomic E-state index is 12.5. The van der Waals surface area contributed by atoms with Crippen LogP contribution in [0.2, 0.25) is 0 Å². The van der Waals surface area contributed by atoms with Crippen LogP contribution in [0.5, 0.6) is 5.75 Å². The van der Waals surface area contributed by atoms with Crippen LogP contribution in [0, 0.1) is 13.8 Å². The Labute approximate surface area is 186 Å². The van der Waals surface area contributed by atoms with E-state index in [2.05, 4.69) is 5.32 Å². The first-order chi connectivity index (χ1) is 14.7. The van der Waals surface area contributed by atoms with Crippen LogP contribution >= 0.6 is 11.3 Å². The van der Waals surface area contributed by atoms with Crippen molar-refractivity contribution in [3.05, 3.63) is 45.8 Å². The summed E-state index contributed by atoms with van der Waals surface area (Å²) in [7, 11) is 0. The number of benzene rings is 1. The van der Waals surface area contributed by atoms with E-state index < -0.39 is 11.9 Å². The molecular weight excluding hydrogens is 418 g/mol. The molecular formula is C23H29NO6S. The first-order valence-corrected chi connectivity index (χ1v) is 11.0. The Morgan fingerprint density at radius 3 is 2.52 bits per heavy atom. The third-order valence-electron chi connectivity index (χ3n) is 4.21. The molecule has 0 bridgehead atoms. The molecule has 2 rings (SSSR count). The number of anilines is 1. The second kappa shape index (κ2) is 11.5. The van der Waals surface area contributed by atoms with Crippen molar-refractivity contribution in [2.75, 3.05) is 18.5 Å². The predicted octanol–water partition coefficient (Wildman–Crippen LogP) is 4.90. The molecule has 8 heteroatoms. The van der Waals surface area contributed by atoms with Gasteiger partial charge in [0.25, 0.3) is 0 Å². The lowest BCUT2D eigenvalue weighted by Gasteiger charge is -2.08. The number of nitrogens with one attached hydrogen (secondary N) is 1. The highest BCUT2D eigenvalue weighted by atomic mass is 32.1. The summed E-state index contributed by atoms with van der Waals surface area (Å²) >= 11 is 1.02. The Morgan fingerprint density at radius 1 is 1.13 bits per heavy atom. The summed E-state index contributed by atoms with van der Waals surface area (Å²) in [5.41, 5.74) is 1.72. The summed E-state index contributed by atoms with van der Waals surface area (Å²) in [4.78, 5) is 37.5. The van der Waals surface area contributed by atoms with Gasteiger partial charge >= 0.3 is 11.9 Å². The van der Waals surface area contributed by atoms with E-state index in [4.69, 9.17) is 14.2 Å². The van der Waals surface area contributed by atoms with Crippen LogP contribution in [0.15, 0.2) is 24.3 Å². The second-order valence-corrected chi connectivity index (χ2v) is 8.27. The molecule has 1 aromatic heterocycles. The SMILES string of the molecule is CCOC(=O)c1c(NC(=O)CCCOc2cccc(C)c2)sc(C(=O)OC(C)C)c1C. The Morgan fingerprint density at radius 2 is 1.87 bits per heavy atom. The fraction of sp³-hybridized carbons (Fsp3) is 0.435. The minimum absolute atomic E-state index is 0.184. The minimum atomic E-state index is -0.585. The van der Waals surface area contributed by atoms with E-state index in [1.54, 1.807) is 27.7 Å². The van der Waals surface area contributed by atoms with Gasteiger partial charge in [-0.05, 0) is 64.3 Å². The summed E-state index contributed by atoms with van der Waals surface area (Å²) in [6.45, 7) is 9.38. The summed E-state index contributed by atoms with van der Waals surface area (Å²) in [6, 6.07) is 7.69. The van der Waals surface area contributed by atoms with Crippen LogP contribution in [-0.2, 0) is 14.3 Å². The van der Waals surface area contributed by atoms with Crippen LogP contribution < -0.4 is 10.1 Å². The summed E-state index contributed by atoms with van der Waals surface area (Å²) < 4.78 is 16.0. The number of ether oxygens (including phenoxy) is 3. The minimum Gasteiger partial charge on any atom is -0.494 e. The lowest BCUT2D eigenvalue weighted by Crippen LogP contribution is -2.15. The molecule has 2 aromatic rings. The number of hydrogen-bond acceptors (Lipinski definition) is 7. The zero-order chi connectivity index (χ0) is 23.0. The lowest BCUT2D eigenvalue weighted by atomic mass is 10.1. The summed E-state index contributed by atoms with van der Waals surface area (Å²) in [6.07, 6.45) is 0.407. The third kappa shape index (κ3) is 7.10. The smallest absolute Gasteiger partial charge is 0.348 e. The number of aryl methyl sites for hydroxylation is 1. The monoisotopic (exact) mass is 447 g/mol. The standard InChI is InChI=1S/C23H29NO6S/c1-6-28-22(26)19-16(5)20(23(27)30-14(2)3)31-21(19)24-18(25)11-8-12-29-17-10-7-9-15(4)13-17/h7,9-10,13-14H,6,8,11-12H2,1-5H3,(H,24,25). The number of thiophene rings is 1. The molecule has 168 valence electrons. The average Bonchev–Trinajstić information content (AvgIpc) is 3.01. The lowest BCUT2D eigenvalue weighted by molar-refractivity contribution is -0.116. The van der Waals surface area contributed by atoms with Crippen LogP contribution in [0.4, 0.5) is 5.00 Å². The van der Waals surface area contributed by atoms with Gasteiger partial charge in [0.2, 0.25) is 5.91 Å². The number of hydrogen-bond donors (Lipinski definition) is 1. The van der Waals surface area contributed by atoms with E-state index in [1.807, 2.05) is 31.2 Å². The van der Waals surface area contributed by atoms with Crippen LogP contribution in [0.3, 0.4) is 0 Å². The molecule has 0 saturated heterocycles. The van der Waals surface area contributed by atoms with E-state index in [1.165, 1.54) is 0 Å². The predicted molar refractivity (Wildman–Crippen MR) is 120 cm³/mol.